The largest absolute Gasteiger partial charge is 0.340 e. The number of hydrogen-bond donors (Lipinski definition) is 1. The summed E-state index contributed by atoms with van der Waals surface area (Å²) >= 11 is 0. The van der Waals surface area contributed by atoms with E-state index in [-0.39, 0.29) is 0 Å². The van der Waals surface area contributed by atoms with Gasteiger partial charge in [-0.25, -0.2) is 15.0 Å². The maximum Gasteiger partial charge on any atom is 0.141 e. The molecule has 0 saturated carbocycles. The molecule has 2 aromatic heterocycles. The lowest BCUT2D eigenvalue weighted by molar-refractivity contribution is 0.867. The lowest BCUT2D eigenvalue weighted by atomic mass is 10.0. The molecule has 1 N–H and O–H groups in total. The third kappa shape index (κ3) is 2.48. The minimum absolute atomic E-state index is 0.525. The Morgan fingerprint density at radius 2 is 1.75 bits per heavy atom. The normalized spacial score (nSPS) is 11.5. The van der Waals surface area contributed by atoms with Gasteiger partial charge in [-0.15, -0.1) is 0 Å². The number of rotatable bonds is 3. The molecule has 0 bridgehead atoms. The predicted octanol–water partition coefficient (Wildman–Crippen LogP) is 4.38. The van der Waals surface area contributed by atoms with Gasteiger partial charge in [0, 0.05) is 18.1 Å². The summed E-state index contributed by atoms with van der Waals surface area (Å²) in [7, 11) is 1.99. The van der Waals surface area contributed by atoms with E-state index in [1.807, 2.05) is 24.0 Å². The Morgan fingerprint density at radius 3 is 2.50 bits per heavy atom. The van der Waals surface area contributed by atoms with Gasteiger partial charge >= 0.3 is 0 Å². The van der Waals surface area contributed by atoms with Crippen molar-refractivity contribution in [3.63, 3.8) is 0 Å². The first kappa shape index (κ1) is 14.6. The molecule has 0 amide bonds. The summed E-state index contributed by atoms with van der Waals surface area (Å²) in [5, 5.41) is 4.40. The number of hydrogen-bond acceptors (Lipinski definition) is 4. The van der Waals surface area contributed by atoms with Crippen LogP contribution >= 0.6 is 0 Å². The van der Waals surface area contributed by atoms with E-state index in [9.17, 15) is 0 Å². The van der Waals surface area contributed by atoms with Crippen molar-refractivity contribution < 1.29 is 0 Å². The van der Waals surface area contributed by atoms with Gasteiger partial charge in [0.1, 0.15) is 12.1 Å². The number of aromatic nitrogens is 4. The zero-order chi connectivity index (χ0) is 16.7. The van der Waals surface area contributed by atoms with Gasteiger partial charge in [-0.3, -0.25) is 0 Å². The van der Waals surface area contributed by atoms with Gasteiger partial charge in [0.15, 0.2) is 0 Å². The Morgan fingerprint density at radius 1 is 0.958 bits per heavy atom. The fourth-order valence-corrected chi connectivity index (χ4v) is 2.87. The highest BCUT2D eigenvalue weighted by Crippen LogP contribution is 2.27. The second-order valence-electron chi connectivity index (χ2n) is 6.34. The van der Waals surface area contributed by atoms with Gasteiger partial charge in [-0.1, -0.05) is 26.0 Å². The standard InChI is InChI=1S/C19H19N5/c1-12(2)13-4-6-14(7-5-13)23-19-15-8-18-17(22-11-24(18)3)9-16(15)20-10-21-19/h4-12H,1-3H3,(H,20,21,23). The van der Waals surface area contributed by atoms with E-state index in [2.05, 4.69) is 64.4 Å². The average molecular weight is 317 g/mol. The molecule has 0 radical (unpaired) electrons. The van der Waals surface area contributed by atoms with Crippen molar-refractivity contribution in [3.8, 4) is 0 Å². The molecular formula is C19H19N5. The van der Waals surface area contributed by atoms with Gasteiger partial charge < -0.3 is 9.88 Å². The van der Waals surface area contributed by atoms with Crippen LogP contribution in [-0.4, -0.2) is 19.5 Å². The smallest absolute Gasteiger partial charge is 0.141 e. The monoisotopic (exact) mass is 317 g/mol. The SMILES string of the molecule is CC(C)c1ccc(Nc2ncnc3cc4ncn(C)c4cc23)cc1. The van der Waals surface area contributed by atoms with Gasteiger partial charge in [-0.2, -0.15) is 0 Å². The molecule has 24 heavy (non-hydrogen) atoms. The maximum atomic E-state index is 4.43. The molecule has 5 heteroatoms. The highest BCUT2D eigenvalue weighted by atomic mass is 15.0. The second-order valence-corrected chi connectivity index (χ2v) is 6.34. The molecule has 0 atom stereocenters. The number of aryl methyl sites for hydroxylation is 1. The number of anilines is 2. The summed E-state index contributed by atoms with van der Waals surface area (Å²) in [5.41, 5.74) is 5.23. The third-order valence-electron chi connectivity index (χ3n) is 4.32. The summed E-state index contributed by atoms with van der Waals surface area (Å²) in [4.78, 5) is 13.2. The van der Waals surface area contributed by atoms with Crippen molar-refractivity contribution in [3.05, 3.63) is 54.6 Å². The Balaban J connectivity index is 1.78. The van der Waals surface area contributed by atoms with Crippen molar-refractivity contribution >= 4 is 33.4 Å². The fraction of sp³-hybridized carbons (Fsp3) is 0.211. The first-order valence-electron chi connectivity index (χ1n) is 8.04. The lowest BCUT2D eigenvalue weighted by Gasteiger charge is -2.10. The minimum atomic E-state index is 0.525. The summed E-state index contributed by atoms with van der Waals surface area (Å²) in [6.45, 7) is 4.39. The van der Waals surface area contributed by atoms with Crippen molar-refractivity contribution in [2.75, 3.05) is 5.32 Å². The third-order valence-corrected chi connectivity index (χ3v) is 4.32. The van der Waals surface area contributed by atoms with E-state index in [1.54, 1.807) is 6.33 Å². The molecule has 0 aliphatic carbocycles. The summed E-state index contributed by atoms with van der Waals surface area (Å²) in [6.07, 6.45) is 3.40. The van der Waals surface area contributed by atoms with Crippen LogP contribution in [0.5, 0.6) is 0 Å². The van der Waals surface area contributed by atoms with E-state index in [4.69, 9.17) is 0 Å². The molecule has 120 valence electrons. The van der Waals surface area contributed by atoms with Crippen LogP contribution in [0.3, 0.4) is 0 Å². The molecule has 0 unspecified atom stereocenters. The van der Waals surface area contributed by atoms with E-state index >= 15 is 0 Å². The van der Waals surface area contributed by atoms with Crippen LogP contribution in [0, 0.1) is 0 Å². The van der Waals surface area contributed by atoms with Gasteiger partial charge in [0.2, 0.25) is 0 Å². The number of benzene rings is 2. The van der Waals surface area contributed by atoms with Crippen molar-refractivity contribution in [1.82, 2.24) is 19.5 Å². The van der Waals surface area contributed by atoms with Crippen molar-refractivity contribution in [1.29, 1.82) is 0 Å². The molecule has 2 aromatic carbocycles. The Hall–Kier alpha value is -2.95. The molecule has 0 saturated heterocycles. The van der Waals surface area contributed by atoms with Crippen LogP contribution in [0.25, 0.3) is 21.9 Å². The van der Waals surface area contributed by atoms with E-state index < -0.39 is 0 Å². The van der Waals surface area contributed by atoms with Crippen LogP contribution < -0.4 is 5.32 Å². The van der Waals surface area contributed by atoms with Gasteiger partial charge in [0.25, 0.3) is 0 Å². The molecule has 4 rings (SSSR count). The number of nitrogens with one attached hydrogen (secondary N) is 1. The highest BCUT2D eigenvalue weighted by Gasteiger charge is 2.09. The second kappa shape index (κ2) is 5.60. The molecule has 0 aliphatic rings. The molecule has 4 aromatic rings. The van der Waals surface area contributed by atoms with E-state index in [0.717, 1.165) is 33.4 Å². The van der Waals surface area contributed by atoms with Gasteiger partial charge in [0.05, 0.1) is 22.9 Å². The Labute approximate surface area is 140 Å². The molecule has 0 aliphatic heterocycles. The van der Waals surface area contributed by atoms with E-state index in [1.165, 1.54) is 5.56 Å². The van der Waals surface area contributed by atoms with E-state index in [0.29, 0.717) is 5.92 Å². The van der Waals surface area contributed by atoms with Crippen LogP contribution in [0.2, 0.25) is 0 Å². The number of imidazole rings is 1. The van der Waals surface area contributed by atoms with Gasteiger partial charge in [-0.05, 0) is 35.7 Å². The van der Waals surface area contributed by atoms with Crippen molar-refractivity contribution in [2.24, 2.45) is 7.05 Å². The van der Waals surface area contributed by atoms with Crippen LogP contribution in [0.1, 0.15) is 25.3 Å². The lowest BCUT2D eigenvalue weighted by Crippen LogP contribution is -1.97. The molecule has 2 heterocycles. The fourth-order valence-electron chi connectivity index (χ4n) is 2.87. The molecule has 0 spiro atoms. The Bertz CT molecular complexity index is 1020. The highest BCUT2D eigenvalue weighted by molar-refractivity contribution is 5.99. The Kier molecular flexibility index (Phi) is 3.41. The predicted molar refractivity (Wildman–Crippen MR) is 97.6 cm³/mol. The quantitative estimate of drug-likeness (QED) is 0.609. The minimum Gasteiger partial charge on any atom is -0.340 e. The molecular weight excluding hydrogens is 298 g/mol. The topological polar surface area (TPSA) is 55.6 Å². The molecule has 5 nitrogen and oxygen atoms in total. The summed E-state index contributed by atoms with van der Waals surface area (Å²) < 4.78 is 2.00. The number of nitrogens with zero attached hydrogens (tertiary/aromatic N) is 4. The zero-order valence-electron chi connectivity index (χ0n) is 14.0. The van der Waals surface area contributed by atoms with Crippen LogP contribution in [-0.2, 0) is 7.05 Å². The summed E-state index contributed by atoms with van der Waals surface area (Å²) in [6, 6.07) is 12.6. The maximum absolute atomic E-state index is 4.43. The summed E-state index contributed by atoms with van der Waals surface area (Å²) in [5.74, 6) is 1.33. The van der Waals surface area contributed by atoms with Crippen molar-refractivity contribution in [2.45, 2.75) is 19.8 Å². The van der Waals surface area contributed by atoms with Crippen LogP contribution in [0.4, 0.5) is 11.5 Å². The number of fused-ring (bicyclic) bond motifs is 2. The first-order chi connectivity index (χ1) is 11.6. The molecule has 0 fully saturated rings. The van der Waals surface area contributed by atoms with Crippen LogP contribution in [0.15, 0.2) is 49.1 Å². The zero-order valence-corrected chi connectivity index (χ0v) is 14.0. The first-order valence-corrected chi connectivity index (χ1v) is 8.04. The average Bonchev–Trinajstić information content (AvgIpc) is 2.94.